The van der Waals surface area contributed by atoms with Crippen molar-refractivity contribution in [3.63, 3.8) is 0 Å². The summed E-state index contributed by atoms with van der Waals surface area (Å²) in [6.07, 6.45) is 2.07. The molecule has 0 fully saturated rings. The van der Waals surface area contributed by atoms with Crippen LogP contribution < -0.4 is 5.32 Å². The van der Waals surface area contributed by atoms with Gasteiger partial charge in [0.05, 0.1) is 0 Å². The summed E-state index contributed by atoms with van der Waals surface area (Å²) in [7, 11) is 0. The lowest BCUT2D eigenvalue weighted by Crippen LogP contribution is -2.26. The van der Waals surface area contributed by atoms with Gasteiger partial charge in [-0.15, -0.1) is 0 Å². The van der Waals surface area contributed by atoms with Gasteiger partial charge < -0.3 is 5.32 Å². The Morgan fingerprint density at radius 1 is 1.40 bits per heavy atom. The zero-order valence-corrected chi connectivity index (χ0v) is 11.2. The lowest BCUT2D eigenvalue weighted by atomic mass is 10.2. The average Bonchev–Trinajstić information content (AvgIpc) is 2.14. The topological polar surface area (TPSA) is 37.8 Å². The lowest BCUT2D eigenvalue weighted by molar-refractivity contribution is 0.750. The number of halogens is 2. The number of thioether (sulfide) groups is 1. The van der Waals surface area contributed by atoms with E-state index in [1.165, 1.54) is 0 Å². The number of hydrogen-bond acceptors (Lipinski definition) is 4. The number of nitrogens with one attached hydrogen (secondary N) is 1. The molecule has 0 spiro atoms. The Bertz CT molecular complexity index is 324. The smallest absolute Gasteiger partial charge is 0.225 e. The number of aromatic nitrogens is 2. The number of hydrogen-bond donors (Lipinski definition) is 1. The van der Waals surface area contributed by atoms with Gasteiger partial charge in [-0.1, -0.05) is 11.6 Å². The predicted octanol–water partition coefficient (Wildman–Crippen LogP) is 3.34. The summed E-state index contributed by atoms with van der Waals surface area (Å²) < 4.78 is 0.143. The van der Waals surface area contributed by atoms with Crippen molar-refractivity contribution in [2.45, 2.75) is 18.6 Å². The molecule has 3 nitrogen and oxygen atoms in total. The molecule has 0 aliphatic heterocycles. The molecule has 84 valence electrons. The average molecular weight is 266 g/mol. The van der Waals surface area contributed by atoms with E-state index in [0.29, 0.717) is 11.0 Å². The predicted molar refractivity (Wildman–Crippen MR) is 68.1 cm³/mol. The van der Waals surface area contributed by atoms with E-state index in [9.17, 15) is 0 Å². The van der Waals surface area contributed by atoms with E-state index in [2.05, 4.69) is 35.4 Å². The Morgan fingerprint density at radius 2 is 2.07 bits per heavy atom. The largest absolute Gasteiger partial charge is 0.369 e. The molecule has 0 aliphatic rings. The second kappa shape index (κ2) is 5.23. The van der Waals surface area contributed by atoms with Crippen LogP contribution in [0.25, 0.3) is 0 Å². The fourth-order valence-electron chi connectivity index (χ4n) is 0.856. The van der Waals surface area contributed by atoms with Crippen LogP contribution >= 0.6 is 35.0 Å². The van der Waals surface area contributed by atoms with Crippen LogP contribution in [0.5, 0.6) is 0 Å². The van der Waals surface area contributed by atoms with Crippen molar-refractivity contribution < 1.29 is 0 Å². The Labute approximate surface area is 104 Å². The van der Waals surface area contributed by atoms with Crippen molar-refractivity contribution in [2.24, 2.45) is 0 Å². The third-order valence-electron chi connectivity index (χ3n) is 1.92. The number of anilines is 1. The van der Waals surface area contributed by atoms with Gasteiger partial charge in [0, 0.05) is 17.4 Å². The molecule has 0 aliphatic carbocycles. The fraction of sp³-hybridized carbons (Fsp3) is 0.556. The molecule has 1 heterocycles. The molecule has 1 N–H and O–H groups in total. The molecule has 0 aromatic carbocycles. The van der Waals surface area contributed by atoms with Gasteiger partial charge in [-0.3, -0.25) is 0 Å². The molecule has 15 heavy (non-hydrogen) atoms. The zero-order valence-electron chi connectivity index (χ0n) is 8.84. The van der Waals surface area contributed by atoms with Crippen molar-refractivity contribution in [1.82, 2.24) is 9.97 Å². The van der Waals surface area contributed by atoms with E-state index >= 15 is 0 Å². The number of nitrogens with zero attached hydrogens (tertiary/aromatic N) is 2. The fourth-order valence-corrected chi connectivity index (χ4v) is 1.48. The molecule has 0 unspecified atom stereocenters. The molecule has 1 aromatic rings. The first kappa shape index (κ1) is 12.9. The van der Waals surface area contributed by atoms with Gasteiger partial charge in [-0.2, -0.15) is 11.8 Å². The quantitative estimate of drug-likeness (QED) is 0.670. The maximum Gasteiger partial charge on any atom is 0.225 e. The number of rotatable bonds is 4. The molecule has 1 aromatic heterocycles. The van der Waals surface area contributed by atoms with E-state index < -0.39 is 0 Å². The van der Waals surface area contributed by atoms with Crippen molar-refractivity contribution >= 4 is 40.8 Å². The van der Waals surface area contributed by atoms with Crippen LogP contribution in [-0.4, -0.2) is 27.5 Å². The lowest BCUT2D eigenvalue weighted by Gasteiger charge is -2.22. The maximum absolute atomic E-state index is 5.75. The van der Waals surface area contributed by atoms with Crippen LogP contribution in [0.3, 0.4) is 0 Å². The Morgan fingerprint density at radius 3 is 2.60 bits per heavy atom. The Kier molecular flexibility index (Phi) is 4.49. The minimum atomic E-state index is 0.143. The highest BCUT2D eigenvalue weighted by Crippen LogP contribution is 2.22. The van der Waals surface area contributed by atoms with Crippen LogP contribution in [-0.2, 0) is 0 Å². The first-order valence-corrected chi connectivity index (χ1v) is 6.40. The summed E-state index contributed by atoms with van der Waals surface area (Å²) >= 11 is 13.2. The maximum atomic E-state index is 5.75. The summed E-state index contributed by atoms with van der Waals surface area (Å²) in [4.78, 5) is 7.79. The van der Waals surface area contributed by atoms with Gasteiger partial charge in [-0.05, 0) is 31.7 Å². The molecule has 0 atom stereocenters. The van der Waals surface area contributed by atoms with Crippen LogP contribution in [0.4, 0.5) is 5.82 Å². The first-order chi connectivity index (χ1) is 6.93. The van der Waals surface area contributed by atoms with Crippen molar-refractivity contribution in [2.75, 3.05) is 18.1 Å². The van der Waals surface area contributed by atoms with E-state index in [-0.39, 0.29) is 10.0 Å². The van der Waals surface area contributed by atoms with Crippen LogP contribution in [0.1, 0.15) is 13.8 Å². The van der Waals surface area contributed by atoms with Gasteiger partial charge in [0.1, 0.15) is 11.0 Å². The molecule has 0 saturated carbocycles. The highest BCUT2D eigenvalue weighted by Gasteiger charge is 2.15. The van der Waals surface area contributed by atoms with E-state index in [4.69, 9.17) is 23.2 Å². The van der Waals surface area contributed by atoms with Gasteiger partial charge in [-0.25, -0.2) is 9.97 Å². The van der Waals surface area contributed by atoms with Crippen molar-refractivity contribution in [3.8, 4) is 0 Å². The summed E-state index contributed by atoms with van der Waals surface area (Å²) in [5.74, 6) is 0.655. The summed E-state index contributed by atoms with van der Waals surface area (Å²) in [6, 6.07) is 1.66. The molecule has 1 rings (SSSR count). The second-order valence-corrected chi connectivity index (χ2v) is 5.90. The SMILES string of the molecule is CSC(C)(C)CNc1cc(Cl)nc(Cl)n1. The summed E-state index contributed by atoms with van der Waals surface area (Å²) in [5, 5.41) is 3.68. The standard InChI is InChI=1S/C9H13Cl2N3S/c1-9(2,15-3)5-12-7-4-6(10)13-8(11)14-7/h4H,5H2,1-3H3,(H,12,13,14). The highest BCUT2D eigenvalue weighted by atomic mass is 35.5. The summed E-state index contributed by atoms with van der Waals surface area (Å²) in [5.41, 5.74) is 0. The van der Waals surface area contributed by atoms with Gasteiger partial charge in [0.2, 0.25) is 5.28 Å². The zero-order chi connectivity index (χ0) is 11.5. The van der Waals surface area contributed by atoms with Crippen LogP contribution in [0.2, 0.25) is 10.4 Å². The molecule has 0 amide bonds. The molecule has 0 saturated heterocycles. The molecular formula is C9H13Cl2N3S. The molecule has 6 heteroatoms. The Hall–Kier alpha value is -0.190. The van der Waals surface area contributed by atoms with E-state index in [0.717, 1.165) is 6.54 Å². The van der Waals surface area contributed by atoms with E-state index in [1.807, 2.05) is 0 Å². The Balaban J connectivity index is 2.65. The highest BCUT2D eigenvalue weighted by molar-refractivity contribution is 7.99. The monoisotopic (exact) mass is 265 g/mol. The normalized spacial score (nSPS) is 11.5. The van der Waals surface area contributed by atoms with Crippen LogP contribution in [0, 0.1) is 0 Å². The minimum absolute atomic E-state index is 0.143. The van der Waals surface area contributed by atoms with Crippen molar-refractivity contribution in [3.05, 3.63) is 16.5 Å². The third-order valence-corrected chi connectivity index (χ3v) is 3.53. The van der Waals surface area contributed by atoms with E-state index in [1.54, 1.807) is 17.8 Å². The second-order valence-electron chi connectivity index (χ2n) is 3.66. The van der Waals surface area contributed by atoms with Gasteiger partial charge in [0.15, 0.2) is 0 Å². The minimum Gasteiger partial charge on any atom is -0.369 e. The molecular weight excluding hydrogens is 253 g/mol. The van der Waals surface area contributed by atoms with Crippen molar-refractivity contribution in [1.29, 1.82) is 0 Å². The molecule has 0 radical (unpaired) electrons. The van der Waals surface area contributed by atoms with Gasteiger partial charge >= 0.3 is 0 Å². The summed E-state index contributed by atoms with van der Waals surface area (Å²) in [6.45, 7) is 5.09. The molecule has 0 bridgehead atoms. The first-order valence-electron chi connectivity index (χ1n) is 4.42. The van der Waals surface area contributed by atoms with Crippen LogP contribution in [0.15, 0.2) is 6.07 Å². The van der Waals surface area contributed by atoms with Gasteiger partial charge in [0.25, 0.3) is 0 Å². The third kappa shape index (κ3) is 4.45.